The molecule has 0 aliphatic rings. The Morgan fingerprint density at radius 2 is 1.62 bits per heavy atom. The minimum absolute atomic E-state index is 0.436. The molecule has 3 aromatic rings. The Morgan fingerprint density at radius 1 is 0.952 bits per heavy atom. The minimum atomic E-state index is -4.40. The monoisotopic (exact) mass is 330 g/mol. The van der Waals surface area contributed by atoms with Crippen molar-refractivity contribution in [2.24, 2.45) is 0 Å². The van der Waals surface area contributed by atoms with Crippen molar-refractivity contribution >= 4 is 28.7 Å². The Kier molecular flexibility index (Phi) is 3.34. The van der Waals surface area contributed by atoms with E-state index in [1.54, 1.807) is 24.3 Å². The topological polar surface area (TPSA) is 17.3 Å². The van der Waals surface area contributed by atoms with Gasteiger partial charge in [-0.25, -0.2) is 4.52 Å². The predicted octanol–water partition coefficient (Wildman–Crippen LogP) is 5.33. The van der Waals surface area contributed by atoms with Crippen LogP contribution in [0.25, 0.3) is 16.8 Å². The van der Waals surface area contributed by atoms with Crippen molar-refractivity contribution < 1.29 is 13.2 Å². The van der Waals surface area contributed by atoms with Gasteiger partial charge in [-0.3, -0.25) is 0 Å². The van der Waals surface area contributed by atoms with E-state index in [4.69, 9.17) is 23.2 Å². The van der Waals surface area contributed by atoms with Crippen LogP contribution in [-0.2, 0) is 6.18 Å². The predicted molar refractivity (Wildman–Crippen MR) is 75.7 cm³/mol. The first-order valence-corrected chi connectivity index (χ1v) is 6.62. The van der Waals surface area contributed by atoms with Gasteiger partial charge in [0.1, 0.15) is 0 Å². The maximum atomic E-state index is 12.7. The van der Waals surface area contributed by atoms with Crippen LogP contribution in [0, 0.1) is 0 Å². The lowest BCUT2D eigenvalue weighted by Gasteiger charge is -2.05. The first kappa shape index (κ1) is 14.2. The molecule has 0 bridgehead atoms. The summed E-state index contributed by atoms with van der Waals surface area (Å²) in [4.78, 5) is 0. The van der Waals surface area contributed by atoms with Crippen LogP contribution < -0.4 is 0 Å². The smallest absolute Gasteiger partial charge is 0.240 e. The quantitative estimate of drug-likeness (QED) is 0.589. The molecule has 2 aromatic heterocycles. The third-order valence-electron chi connectivity index (χ3n) is 2.95. The SMILES string of the molecule is FC(F)(F)c1ccc2cc(-c3cc(Cl)cc(Cl)c3)nn2c1. The van der Waals surface area contributed by atoms with Gasteiger partial charge < -0.3 is 0 Å². The normalized spacial score (nSPS) is 12.0. The zero-order chi connectivity index (χ0) is 15.2. The summed E-state index contributed by atoms with van der Waals surface area (Å²) in [7, 11) is 0. The fourth-order valence-corrected chi connectivity index (χ4v) is 2.52. The van der Waals surface area contributed by atoms with Crippen LogP contribution in [0.1, 0.15) is 5.56 Å². The van der Waals surface area contributed by atoms with Gasteiger partial charge in [-0.2, -0.15) is 18.3 Å². The maximum absolute atomic E-state index is 12.7. The third-order valence-corrected chi connectivity index (χ3v) is 3.38. The molecule has 3 rings (SSSR count). The molecule has 0 spiro atoms. The van der Waals surface area contributed by atoms with Crippen molar-refractivity contribution in [3.63, 3.8) is 0 Å². The van der Waals surface area contributed by atoms with Gasteiger partial charge in [-0.1, -0.05) is 23.2 Å². The largest absolute Gasteiger partial charge is 0.417 e. The highest BCUT2D eigenvalue weighted by Gasteiger charge is 2.31. The second-order valence-electron chi connectivity index (χ2n) is 4.47. The minimum Gasteiger partial charge on any atom is -0.240 e. The Morgan fingerprint density at radius 3 is 2.24 bits per heavy atom. The van der Waals surface area contributed by atoms with E-state index in [2.05, 4.69) is 5.10 Å². The molecule has 108 valence electrons. The van der Waals surface area contributed by atoms with Gasteiger partial charge in [0.2, 0.25) is 0 Å². The van der Waals surface area contributed by atoms with Gasteiger partial charge in [0.05, 0.1) is 16.8 Å². The Labute approximate surface area is 127 Å². The Bertz CT molecular complexity index is 804. The zero-order valence-corrected chi connectivity index (χ0v) is 11.8. The highest BCUT2D eigenvalue weighted by molar-refractivity contribution is 6.35. The van der Waals surface area contributed by atoms with Crippen LogP contribution in [0.15, 0.2) is 42.6 Å². The number of benzene rings is 1. The van der Waals surface area contributed by atoms with Gasteiger partial charge in [-0.05, 0) is 36.4 Å². The third kappa shape index (κ3) is 2.84. The summed E-state index contributed by atoms with van der Waals surface area (Å²) in [5.74, 6) is 0. The van der Waals surface area contributed by atoms with E-state index >= 15 is 0 Å². The van der Waals surface area contributed by atoms with Crippen molar-refractivity contribution in [3.05, 3.63) is 58.2 Å². The fraction of sp³-hybridized carbons (Fsp3) is 0.0714. The molecule has 0 radical (unpaired) electrons. The average Bonchev–Trinajstić information content (AvgIpc) is 2.79. The van der Waals surface area contributed by atoms with Crippen molar-refractivity contribution in [3.8, 4) is 11.3 Å². The lowest BCUT2D eigenvalue weighted by Crippen LogP contribution is -2.06. The summed E-state index contributed by atoms with van der Waals surface area (Å²) in [6, 6.07) is 8.93. The molecule has 0 atom stereocenters. The zero-order valence-electron chi connectivity index (χ0n) is 10.3. The van der Waals surface area contributed by atoms with E-state index < -0.39 is 11.7 Å². The van der Waals surface area contributed by atoms with Crippen molar-refractivity contribution in [2.45, 2.75) is 6.18 Å². The summed E-state index contributed by atoms with van der Waals surface area (Å²) in [5, 5.41) is 5.01. The Balaban J connectivity index is 2.13. The number of aromatic nitrogens is 2. The number of rotatable bonds is 1. The lowest BCUT2D eigenvalue weighted by molar-refractivity contribution is -0.137. The number of pyridine rings is 1. The van der Waals surface area contributed by atoms with Gasteiger partial charge in [-0.15, -0.1) is 0 Å². The molecule has 0 unspecified atom stereocenters. The van der Waals surface area contributed by atoms with Gasteiger partial charge in [0.15, 0.2) is 0 Å². The maximum Gasteiger partial charge on any atom is 0.417 e. The summed E-state index contributed by atoms with van der Waals surface area (Å²) in [6.07, 6.45) is -3.45. The molecule has 0 aliphatic carbocycles. The molecular weight excluding hydrogens is 324 g/mol. The van der Waals surface area contributed by atoms with E-state index in [1.165, 1.54) is 10.6 Å². The average molecular weight is 331 g/mol. The molecule has 7 heteroatoms. The summed E-state index contributed by atoms with van der Waals surface area (Å²) < 4.78 is 39.2. The fourth-order valence-electron chi connectivity index (χ4n) is 2.00. The van der Waals surface area contributed by atoms with Gasteiger partial charge in [0.25, 0.3) is 0 Å². The van der Waals surface area contributed by atoms with Crippen LogP contribution in [0.3, 0.4) is 0 Å². The number of fused-ring (bicyclic) bond motifs is 1. The van der Waals surface area contributed by atoms with E-state index in [0.29, 0.717) is 26.8 Å². The van der Waals surface area contributed by atoms with Crippen LogP contribution in [0.4, 0.5) is 13.2 Å². The van der Waals surface area contributed by atoms with Gasteiger partial charge in [0, 0.05) is 21.8 Å². The molecule has 0 amide bonds. The van der Waals surface area contributed by atoms with E-state index in [9.17, 15) is 13.2 Å². The molecule has 1 aromatic carbocycles. The summed E-state index contributed by atoms with van der Waals surface area (Å²) in [6.45, 7) is 0. The first-order chi connectivity index (χ1) is 9.83. The van der Waals surface area contributed by atoms with Crippen LogP contribution in [0.2, 0.25) is 10.0 Å². The number of halogens is 5. The standard InChI is InChI=1S/C14H7Cl2F3N2/c15-10-3-8(4-11(16)5-10)13-6-12-2-1-9(14(17,18)19)7-21(12)20-13/h1-7H. The van der Waals surface area contributed by atoms with Crippen LogP contribution >= 0.6 is 23.2 Å². The number of alkyl halides is 3. The van der Waals surface area contributed by atoms with Crippen molar-refractivity contribution in [1.29, 1.82) is 0 Å². The molecule has 2 heterocycles. The van der Waals surface area contributed by atoms with E-state index in [0.717, 1.165) is 12.3 Å². The van der Waals surface area contributed by atoms with Crippen molar-refractivity contribution in [2.75, 3.05) is 0 Å². The van der Waals surface area contributed by atoms with Gasteiger partial charge >= 0.3 is 6.18 Å². The molecule has 21 heavy (non-hydrogen) atoms. The highest BCUT2D eigenvalue weighted by Crippen LogP contribution is 2.31. The summed E-state index contributed by atoms with van der Waals surface area (Å²) in [5.41, 5.74) is 0.936. The highest BCUT2D eigenvalue weighted by atomic mass is 35.5. The number of nitrogens with zero attached hydrogens (tertiary/aromatic N) is 2. The molecule has 0 N–H and O–H groups in total. The van der Waals surface area contributed by atoms with Crippen molar-refractivity contribution in [1.82, 2.24) is 9.61 Å². The lowest BCUT2D eigenvalue weighted by atomic mass is 10.1. The molecular formula is C14H7Cl2F3N2. The summed E-state index contributed by atoms with van der Waals surface area (Å²) >= 11 is 11.8. The van der Waals surface area contributed by atoms with E-state index in [-0.39, 0.29) is 0 Å². The van der Waals surface area contributed by atoms with E-state index in [1.807, 2.05) is 0 Å². The second-order valence-corrected chi connectivity index (χ2v) is 5.35. The molecule has 0 aliphatic heterocycles. The molecule has 0 saturated heterocycles. The van der Waals surface area contributed by atoms with Crippen LogP contribution in [-0.4, -0.2) is 9.61 Å². The first-order valence-electron chi connectivity index (χ1n) is 5.86. The molecule has 0 saturated carbocycles. The molecule has 2 nitrogen and oxygen atoms in total. The van der Waals surface area contributed by atoms with Crippen LogP contribution in [0.5, 0.6) is 0 Å². The molecule has 0 fully saturated rings. The Hall–Kier alpha value is -1.72. The second kappa shape index (κ2) is 4.93. The number of hydrogen-bond donors (Lipinski definition) is 0. The number of hydrogen-bond acceptors (Lipinski definition) is 1.